The van der Waals surface area contributed by atoms with Crippen molar-refractivity contribution in [2.45, 2.75) is 33.2 Å². The Balaban J connectivity index is 2.84. The number of rotatable bonds is 6. The van der Waals surface area contributed by atoms with Gasteiger partial charge < -0.3 is 10.1 Å². The fourth-order valence-electron chi connectivity index (χ4n) is 2.44. The van der Waals surface area contributed by atoms with Gasteiger partial charge in [-0.15, -0.1) is 0 Å². The molecule has 0 fully saturated rings. The molecule has 0 saturated carbocycles. The summed E-state index contributed by atoms with van der Waals surface area (Å²) in [5.74, 6) is 0.571. The van der Waals surface area contributed by atoms with Crippen LogP contribution in [0.25, 0.3) is 0 Å². The molecular weight excluding hydrogens is 210 g/mol. The predicted octanol–water partition coefficient (Wildman–Crippen LogP) is 3.24. The number of ether oxygens (including phenoxy) is 1. The van der Waals surface area contributed by atoms with Crippen molar-refractivity contribution in [3.8, 4) is 0 Å². The van der Waals surface area contributed by atoms with Crippen LogP contribution >= 0.6 is 0 Å². The molecule has 17 heavy (non-hydrogen) atoms. The molecule has 0 bridgehead atoms. The van der Waals surface area contributed by atoms with Gasteiger partial charge in [-0.2, -0.15) is 0 Å². The van der Waals surface area contributed by atoms with Gasteiger partial charge in [-0.3, -0.25) is 0 Å². The monoisotopic (exact) mass is 235 g/mol. The second kappa shape index (κ2) is 6.77. The Bertz CT molecular complexity index is 329. The first-order valence-corrected chi connectivity index (χ1v) is 6.33. The van der Waals surface area contributed by atoms with E-state index < -0.39 is 0 Å². The van der Waals surface area contributed by atoms with E-state index in [0.29, 0.717) is 12.0 Å². The van der Waals surface area contributed by atoms with Crippen molar-refractivity contribution in [3.63, 3.8) is 0 Å². The zero-order valence-electron chi connectivity index (χ0n) is 11.7. The van der Waals surface area contributed by atoms with E-state index in [1.165, 1.54) is 16.7 Å². The summed E-state index contributed by atoms with van der Waals surface area (Å²) in [6, 6.07) is 7.18. The molecule has 1 aromatic rings. The third-order valence-electron chi connectivity index (χ3n) is 3.26. The van der Waals surface area contributed by atoms with Crippen molar-refractivity contribution in [3.05, 3.63) is 34.9 Å². The quantitative estimate of drug-likeness (QED) is 0.817. The van der Waals surface area contributed by atoms with Gasteiger partial charge in [0.15, 0.2) is 0 Å². The van der Waals surface area contributed by atoms with Crippen LogP contribution in [0.4, 0.5) is 0 Å². The smallest absolute Gasteiger partial charge is 0.0465 e. The molecule has 1 rings (SSSR count). The molecular formula is C15H25NO. The fourth-order valence-corrected chi connectivity index (χ4v) is 2.44. The van der Waals surface area contributed by atoms with E-state index in [1.54, 1.807) is 7.11 Å². The summed E-state index contributed by atoms with van der Waals surface area (Å²) in [6.45, 7) is 7.41. The number of hydrogen-bond acceptors (Lipinski definition) is 2. The standard InChI is InChI=1S/C15H25NO/c1-11-8-12(2)10-14(9-11)15(16-4)13(3)6-7-17-5/h8-10,13,15-16H,6-7H2,1-5H3. The molecule has 1 aromatic carbocycles. The molecule has 0 amide bonds. The SMILES string of the molecule is CNC(c1cc(C)cc(C)c1)C(C)CCOC. The zero-order valence-corrected chi connectivity index (χ0v) is 11.7. The second-order valence-electron chi connectivity index (χ2n) is 4.95. The Morgan fingerprint density at radius 2 is 1.76 bits per heavy atom. The van der Waals surface area contributed by atoms with E-state index in [-0.39, 0.29) is 0 Å². The van der Waals surface area contributed by atoms with Crippen LogP contribution in [-0.2, 0) is 4.74 Å². The molecule has 96 valence electrons. The Morgan fingerprint density at radius 3 is 2.24 bits per heavy atom. The maximum Gasteiger partial charge on any atom is 0.0465 e. The summed E-state index contributed by atoms with van der Waals surface area (Å²) in [4.78, 5) is 0. The Morgan fingerprint density at radius 1 is 1.18 bits per heavy atom. The van der Waals surface area contributed by atoms with Crippen molar-refractivity contribution < 1.29 is 4.74 Å². The minimum atomic E-state index is 0.406. The van der Waals surface area contributed by atoms with Gasteiger partial charge in [-0.25, -0.2) is 0 Å². The molecule has 0 saturated heterocycles. The molecule has 2 heteroatoms. The fraction of sp³-hybridized carbons (Fsp3) is 0.600. The molecule has 0 aliphatic carbocycles. The number of aryl methyl sites for hydroxylation is 2. The average molecular weight is 235 g/mol. The molecule has 0 aliphatic rings. The topological polar surface area (TPSA) is 21.3 Å². The van der Waals surface area contributed by atoms with Gasteiger partial charge in [0.2, 0.25) is 0 Å². The first kappa shape index (κ1) is 14.2. The normalized spacial score (nSPS) is 14.6. The van der Waals surface area contributed by atoms with Gasteiger partial charge in [0, 0.05) is 19.8 Å². The van der Waals surface area contributed by atoms with Crippen LogP contribution in [0.5, 0.6) is 0 Å². The van der Waals surface area contributed by atoms with E-state index in [2.05, 4.69) is 44.3 Å². The van der Waals surface area contributed by atoms with Crippen molar-refractivity contribution in [1.82, 2.24) is 5.32 Å². The van der Waals surface area contributed by atoms with Crippen LogP contribution < -0.4 is 5.32 Å². The van der Waals surface area contributed by atoms with Crippen LogP contribution in [0.3, 0.4) is 0 Å². The lowest BCUT2D eigenvalue weighted by Gasteiger charge is -2.24. The van der Waals surface area contributed by atoms with Gasteiger partial charge in [0.25, 0.3) is 0 Å². The first-order valence-electron chi connectivity index (χ1n) is 6.33. The lowest BCUT2D eigenvalue weighted by atomic mass is 9.90. The average Bonchev–Trinajstić information content (AvgIpc) is 2.26. The number of hydrogen-bond donors (Lipinski definition) is 1. The van der Waals surface area contributed by atoms with Gasteiger partial charge >= 0.3 is 0 Å². The molecule has 0 radical (unpaired) electrons. The third-order valence-corrected chi connectivity index (χ3v) is 3.26. The van der Waals surface area contributed by atoms with E-state index in [9.17, 15) is 0 Å². The summed E-state index contributed by atoms with van der Waals surface area (Å²) in [5.41, 5.74) is 4.05. The highest BCUT2D eigenvalue weighted by Crippen LogP contribution is 2.25. The van der Waals surface area contributed by atoms with Gasteiger partial charge in [0.1, 0.15) is 0 Å². The summed E-state index contributed by atoms with van der Waals surface area (Å²) in [7, 11) is 3.80. The van der Waals surface area contributed by atoms with Crippen LogP contribution in [0.2, 0.25) is 0 Å². The molecule has 1 N–H and O–H groups in total. The van der Waals surface area contributed by atoms with Crippen molar-refractivity contribution in [1.29, 1.82) is 0 Å². The van der Waals surface area contributed by atoms with Crippen molar-refractivity contribution in [2.75, 3.05) is 20.8 Å². The van der Waals surface area contributed by atoms with Crippen LogP contribution in [0, 0.1) is 19.8 Å². The lowest BCUT2D eigenvalue weighted by Crippen LogP contribution is -2.24. The van der Waals surface area contributed by atoms with Crippen LogP contribution in [0.15, 0.2) is 18.2 Å². The number of nitrogens with one attached hydrogen (secondary N) is 1. The molecule has 2 unspecified atom stereocenters. The van der Waals surface area contributed by atoms with Crippen LogP contribution in [-0.4, -0.2) is 20.8 Å². The number of methoxy groups -OCH3 is 1. The second-order valence-corrected chi connectivity index (χ2v) is 4.95. The summed E-state index contributed by atoms with van der Waals surface area (Å²) in [6.07, 6.45) is 1.08. The molecule has 0 heterocycles. The minimum Gasteiger partial charge on any atom is -0.385 e. The lowest BCUT2D eigenvalue weighted by molar-refractivity contribution is 0.171. The Hall–Kier alpha value is -0.860. The van der Waals surface area contributed by atoms with E-state index >= 15 is 0 Å². The predicted molar refractivity (Wildman–Crippen MR) is 73.4 cm³/mol. The zero-order chi connectivity index (χ0) is 12.8. The van der Waals surface area contributed by atoms with Gasteiger partial charge in [-0.1, -0.05) is 36.2 Å². The van der Waals surface area contributed by atoms with Crippen molar-refractivity contribution in [2.24, 2.45) is 5.92 Å². The first-order chi connectivity index (χ1) is 8.08. The summed E-state index contributed by atoms with van der Waals surface area (Å²) in [5, 5.41) is 3.43. The summed E-state index contributed by atoms with van der Waals surface area (Å²) < 4.78 is 5.16. The molecule has 2 atom stereocenters. The number of benzene rings is 1. The molecule has 0 aromatic heterocycles. The largest absolute Gasteiger partial charge is 0.385 e. The Kier molecular flexibility index (Phi) is 5.66. The van der Waals surface area contributed by atoms with E-state index in [0.717, 1.165) is 13.0 Å². The highest BCUT2D eigenvalue weighted by atomic mass is 16.5. The molecule has 0 aliphatic heterocycles. The third kappa shape index (κ3) is 4.14. The molecule has 0 spiro atoms. The van der Waals surface area contributed by atoms with E-state index in [1.807, 2.05) is 7.05 Å². The van der Waals surface area contributed by atoms with Crippen LogP contribution in [0.1, 0.15) is 36.1 Å². The summed E-state index contributed by atoms with van der Waals surface area (Å²) >= 11 is 0. The maximum absolute atomic E-state index is 5.16. The maximum atomic E-state index is 5.16. The van der Waals surface area contributed by atoms with E-state index in [4.69, 9.17) is 4.74 Å². The van der Waals surface area contributed by atoms with Crippen molar-refractivity contribution >= 4 is 0 Å². The molecule has 2 nitrogen and oxygen atoms in total. The van der Waals surface area contributed by atoms with Gasteiger partial charge in [0.05, 0.1) is 0 Å². The van der Waals surface area contributed by atoms with Gasteiger partial charge in [-0.05, 0) is 38.8 Å². The highest BCUT2D eigenvalue weighted by Gasteiger charge is 2.17. The highest BCUT2D eigenvalue weighted by molar-refractivity contribution is 5.31. The Labute approximate surface area is 105 Å². The minimum absolute atomic E-state index is 0.406.